The maximum atomic E-state index is 6.27. The van der Waals surface area contributed by atoms with Crippen LogP contribution in [0, 0.1) is 12.8 Å². The van der Waals surface area contributed by atoms with Gasteiger partial charge in [0.15, 0.2) is 0 Å². The Morgan fingerprint density at radius 2 is 2.10 bits per heavy atom. The van der Waals surface area contributed by atoms with E-state index in [1.165, 1.54) is 18.4 Å². The number of hydrogen-bond acceptors (Lipinski definition) is 3. The number of aryl methyl sites for hydroxylation is 1. The van der Waals surface area contributed by atoms with E-state index in [0.717, 1.165) is 31.1 Å². The number of nitrogens with zero attached hydrogens (tertiary/aromatic N) is 1. The monoisotopic (exact) mass is 276 g/mol. The molecule has 0 spiro atoms. The first-order chi connectivity index (χ1) is 9.61. The van der Waals surface area contributed by atoms with Crippen LogP contribution in [-0.2, 0) is 4.74 Å². The van der Waals surface area contributed by atoms with Crippen LogP contribution in [0.2, 0.25) is 0 Å². The molecule has 1 aliphatic rings. The van der Waals surface area contributed by atoms with Crippen LogP contribution in [-0.4, -0.2) is 24.2 Å². The van der Waals surface area contributed by atoms with Crippen molar-refractivity contribution in [2.75, 3.05) is 13.7 Å². The summed E-state index contributed by atoms with van der Waals surface area (Å²) >= 11 is 0. The third kappa shape index (κ3) is 3.21. The molecule has 1 aliphatic carbocycles. The zero-order chi connectivity index (χ0) is 14.6. The third-order valence-electron chi connectivity index (χ3n) is 4.63. The fourth-order valence-corrected chi connectivity index (χ4v) is 3.44. The van der Waals surface area contributed by atoms with Crippen LogP contribution >= 0.6 is 0 Å². The average Bonchev–Trinajstić information content (AvgIpc) is 2.45. The van der Waals surface area contributed by atoms with Crippen LogP contribution in [0.4, 0.5) is 0 Å². The van der Waals surface area contributed by atoms with Crippen LogP contribution in [0.3, 0.4) is 0 Å². The van der Waals surface area contributed by atoms with Crippen molar-refractivity contribution in [1.82, 2.24) is 10.3 Å². The van der Waals surface area contributed by atoms with Crippen molar-refractivity contribution >= 4 is 0 Å². The number of nitrogens with one attached hydrogen (secondary N) is 1. The molecule has 0 saturated heterocycles. The van der Waals surface area contributed by atoms with Gasteiger partial charge in [0.1, 0.15) is 0 Å². The highest BCUT2D eigenvalue weighted by Gasteiger charge is 2.42. The molecule has 0 aliphatic heterocycles. The molecule has 112 valence electrons. The van der Waals surface area contributed by atoms with Crippen LogP contribution in [0.5, 0.6) is 0 Å². The number of ether oxygens (including phenoxy) is 1. The van der Waals surface area contributed by atoms with E-state index in [9.17, 15) is 0 Å². The van der Waals surface area contributed by atoms with Gasteiger partial charge in [-0.3, -0.25) is 4.98 Å². The largest absolute Gasteiger partial charge is 0.373 e. The second kappa shape index (κ2) is 6.68. The Kier molecular flexibility index (Phi) is 5.17. The van der Waals surface area contributed by atoms with Gasteiger partial charge in [-0.05, 0) is 64.1 Å². The van der Waals surface area contributed by atoms with Crippen LogP contribution in [0.1, 0.15) is 56.8 Å². The molecule has 1 aromatic rings. The van der Waals surface area contributed by atoms with Crippen molar-refractivity contribution in [2.45, 2.75) is 58.1 Å². The smallest absolute Gasteiger partial charge is 0.0876 e. The molecule has 3 nitrogen and oxygen atoms in total. The molecule has 1 aromatic heterocycles. The Hall–Kier alpha value is -0.930. The van der Waals surface area contributed by atoms with Crippen LogP contribution in [0.15, 0.2) is 18.3 Å². The number of hydrogen-bond donors (Lipinski definition) is 1. The van der Waals surface area contributed by atoms with Gasteiger partial charge in [-0.25, -0.2) is 0 Å². The quantitative estimate of drug-likeness (QED) is 0.891. The van der Waals surface area contributed by atoms with E-state index in [2.05, 4.69) is 36.3 Å². The van der Waals surface area contributed by atoms with Crippen molar-refractivity contribution < 1.29 is 4.74 Å². The van der Waals surface area contributed by atoms with Gasteiger partial charge in [-0.1, -0.05) is 13.0 Å². The van der Waals surface area contributed by atoms with Gasteiger partial charge in [0.2, 0.25) is 0 Å². The lowest BCUT2D eigenvalue weighted by Crippen LogP contribution is -2.47. The zero-order valence-corrected chi connectivity index (χ0v) is 13.3. The lowest BCUT2D eigenvalue weighted by molar-refractivity contribution is -0.0963. The molecular weight excluding hydrogens is 248 g/mol. The fourth-order valence-electron chi connectivity index (χ4n) is 3.44. The fraction of sp³-hybridized carbons (Fsp3) is 0.706. The summed E-state index contributed by atoms with van der Waals surface area (Å²) in [6.07, 6.45) is 6.74. The highest BCUT2D eigenvalue weighted by Crippen LogP contribution is 2.43. The molecular formula is C17H28N2O. The lowest BCUT2D eigenvalue weighted by Gasteiger charge is -2.44. The average molecular weight is 276 g/mol. The number of rotatable bonds is 5. The minimum absolute atomic E-state index is 0.0764. The predicted octanol–water partition coefficient (Wildman–Crippen LogP) is 3.64. The summed E-state index contributed by atoms with van der Waals surface area (Å²) in [4.78, 5) is 4.45. The first-order valence-corrected chi connectivity index (χ1v) is 7.85. The molecule has 1 unspecified atom stereocenters. The molecule has 0 amide bonds. The van der Waals surface area contributed by atoms with Gasteiger partial charge in [-0.15, -0.1) is 0 Å². The molecule has 1 saturated carbocycles. The zero-order valence-electron chi connectivity index (χ0n) is 13.3. The summed E-state index contributed by atoms with van der Waals surface area (Å²) in [5, 5.41) is 3.48. The third-order valence-corrected chi connectivity index (χ3v) is 4.63. The Bertz CT molecular complexity index is 408. The molecule has 1 heterocycles. The molecule has 0 aromatic carbocycles. The van der Waals surface area contributed by atoms with E-state index in [1.807, 2.05) is 20.2 Å². The summed E-state index contributed by atoms with van der Waals surface area (Å²) < 4.78 is 6.27. The van der Waals surface area contributed by atoms with E-state index in [-0.39, 0.29) is 11.6 Å². The minimum atomic E-state index is -0.0764. The molecule has 20 heavy (non-hydrogen) atoms. The van der Waals surface area contributed by atoms with E-state index < -0.39 is 0 Å². The highest BCUT2D eigenvalue weighted by molar-refractivity contribution is 5.21. The number of pyridine rings is 1. The molecule has 0 radical (unpaired) electrons. The van der Waals surface area contributed by atoms with Crippen LogP contribution < -0.4 is 5.32 Å². The van der Waals surface area contributed by atoms with Crippen molar-refractivity contribution in [3.8, 4) is 0 Å². The van der Waals surface area contributed by atoms with E-state index >= 15 is 0 Å². The van der Waals surface area contributed by atoms with E-state index in [0.29, 0.717) is 0 Å². The summed E-state index contributed by atoms with van der Waals surface area (Å²) in [6.45, 7) is 7.24. The first-order valence-electron chi connectivity index (χ1n) is 7.85. The van der Waals surface area contributed by atoms with E-state index in [4.69, 9.17) is 4.74 Å². The summed E-state index contributed by atoms with van der Waals surface area (Å²) in [5.74, 6) is 0.817. The molecule has 1 N–H and O–H groups in total. The molecule has 0 bridgehead atoms. The van der Waals surface area contributed by atoms with Gasteiger partial charge in [-0.2, -0.15) is 0 Å². The second-order valence-electron chi connectivity index (χ2n) is 6.13. The SMILES string of the molecule is CCOC1(C(NC)c2ccc(C)nc2)CCC(C)CC1. The van der Waals surface area contributed by atoms with Gasteiger partial charge in [0.25, 0.3) is 0 Å². The highest BCUT2D eigenvalue weighted by atomic mass is 16.5. The van der Waals surface area contributed by atoms with Gasteiger partial charge >= 0.3 is 0 Å². The van der Waals surface area contributed by atoms with Gasteiger partial charge in [0, 0.05) is 18.5 Å². The predicted molar refractivity (Wildman–Crippen MR) is 82.8 cm³/mol. The molecule has 3 heteroatoms. The van der Waals surface area contributed by atoms with Crippen molar-refractivity contribution in [1.29, 1.82) is 0 Å². The summed E-state index contributed by atoms with van der Waals surface area (Å²) in [7, 11) is 2.03. The minimum Gasteiger partial charge on any atom is -0.373 e. The van der Waals surface area contributed by atoms with Crippen molar-refractivity contribution in [3.63, 3.8) is 0 Å². The van der Waals surface area contributed by atoms with Gasteiger partial charge < -0.3 is 10.1 Å². The maximum Gasteiger partial charge on any atom is 0.0876 e. The molecule has 1 atom stereocenters. The Balaban J connectivity index is 2.27. The number of likely N-dealkylation sites (N-methyl/N-ethyl adjacent to an activating group) is 1. The lowest BCUT2D eigenvalue weighted by atomic mass is 9.73. The van der Waals surface area contributed by atoms with E-state index in [1.54, 1.807) is 0 Å². The first kappa shape index (κ1) is 15.5. The van der Waals surface area contributed by atoms with Crippen molar-refractivity contribution in [2.24, 2.45) is 5.92 Å². The molecule has 1 fully saturated rings. The maximum absolute atomic E-state index is 6.27. The Morgan fingerprint density at radius 3 is 2.60 bits per heavy atom. The second-order valence-corrected chi connectivity index (χ2v) is 6.13. The normalized spacial score (nSPS) is 28.3. The summed E-state index contributed by atoms with van der Waals surface area (Å²) in [6, 6.07) is 4.50. The standard InChI is InChI=1S/C17H28N2O/c1-5-20-17(10-8-13(2)9-11-17)16(18-4)15-7-6-14(3)19-12-15/h6-7,12-13,16,18H,5,8-11H2,1-4H3. The van der Waals surface area contributed by atoms with Crippen molar-refractivity contribution in [3.05, 3.63) is 29.6 Å². The topological polar surface area (TPSA) is 34.1 Å². The molecule has 2 rings (SSSR count). The van der Waals surface area contributed by atoms with Gasteiger partial charge in [0.05, 0.1) is 11.6 Å². The number of aromatic nitrogens is 1. The summed E-state index contributed by atoms with van der Waals surface area (Å²) in [5.41, 5.74) is 2.22. The van der Waals surface area contributed by atoms with Crippen LogP contribution in [0.25, 0.3) is 0 Å². The Labute approximate surface area is 123 Å². The Morgan fingerprint density at radius 1 is 1.40 bits per heavy atom.